The van der Waals surface area contributed by atoms with Crippen molar-refractivity contribution in [2.45, 2.75) is 20.7 Å². The lowest BCUT2D eigenvalue weighted by molar-refractivity contribution is -0.282. The summed E-state index contributed by atoms with van der Waals surface area (Å²) in [5.74, 6) is 0.0764. The molecule has 34 heavy (non-hydrogen) atoms. The quantitative estimate of drug-likeness (QED) is 0.139. The number of thiazole rings is 1. The van der Waals surface area contributed by atoms with Crippen molar-refractivity contribution in [3.8, 4) is 5.75 Å². The van der Waals surface area contributed by atoms with Crippen molar-refractivity contribution < 1.29 is 23.3 Å². The van der Waals surface area contributed by atoms with Crippen molar-refractivity contribution in [1.82, 2.24) is 4.98 Å². The molecule has 2 N–H and O–H groups in total. The van der Waals surface area contributed by atoms with Crippen molar-refractivity contribution in [3.05, 3.63) is 70.9 Å². The summed E-state index contributed by atoms with van der Waals surface area (Å²) >= 11 is 4.07. The number of anilines is 1. The highest BCUT2D eigenvalue weighted by Crippen LogP contribution is 2.44. The fourth-order valence-electron chi connectivity index (χ4n) is 3.47. The Morgan fingerprint density at radius 2 is 1.85 bits per heavy atom. The summed E-state index contributed by atoms with van der Waals surface area (Å²) in [4.78, 5) is 15.3. The van der Waals surface area contributed by atoms with Gasteiger partial charge >= 0.3 is 0 Å². The number of sulfonamides is 1. The van der Waals surface area contributed by atoms with Crippen LogP contribution in [0.4, 0.5) is 5.69 Å². The third-order valence-corrected chi connectivity index (χ3v) is 9.60. The molecule has 0 aliphatic heterocycles. The summed E-state index contributed by atoms with van der Waals surface area (Å²) in [7, 11) is -2.56. The monoisotopic (exact) mass is 530 g/mol. The highest BCUT2D eigenvalue weighted by atomic mass is 32.2. The predicted octanol–water partition coefficient (Wildman–Crippen LogP) is 6.25. The molecule has 0 unspecified atom stereocenters. The van der Waals surface area contributed by atoms with E-state index in [0.29, 0.717) is 26.2 Å². The zero-order chi connectivity index (χ0) is 23.7. The van der Waals surface area contributed by atoms with E-state index in [-0.39, 0.29) is 17.3 Å². The molecular formula is C23H18N2O5S4. The van der Waals surface area contributed by atoms with Crippen molar-refractivity contribution in [3.63, 3.8) is 0 Å². The largest absolute Gasteiger partial charge is 0.506 e. The summed E-state index contributed by atoms with van der Waals surface area (Å²) in [5.41, 5.74) is 1.24. The molecule has 5 rings (SSSR count). The molecule has 0 aliphatic rings. The minimum Gasteiger partial charge on any atom is -0.506 e. The van der Waals surface area contributed by atoms with Crippen LogP contribution in [0, 0.1) is 0 Å². The molecule has 0 fully saturated rings. The lowest BCUT2D eigenvalue weighted by Gasteiger charge is -2.14. The van der Waals surface area contributed by atoms with Crippen LogP contribution >= 0.6 is 34.4 Å². The number of thiophene rings is 1. The van der Waals surface area contributed by atoms with Gasteiger partial charge in [-0.05, 0) is 29.6 Å². The Labute approximate surface area is 208 Å². The molecule has 0 bridgehead atoms. The number of para-hydroxylation sites is 1. The maximum absolute atomic E-state index is 13.3. The van der Waals surface area contributed by atoms with Crippen LogP contribution in [0.25, 0.3) is 21.0 Å². The molecule has 174 valence electrons. The topological polar surface area (TPSA) is 97.8 Å². The van der Waals surface area contributed by atoms with E-state index in [4.69, 9.17) is 4.89 Å². The molecular weight excluding hydrogens is 513 g/mol. The van der Waals surface area contributed by atoms with E-state index >= 15 is 0 Å². The number of aromatic nitrogens is 1. The van der Waals surface area contributed by atoms with E-state index in [1.807, 2.05) is 24.3 Å². The molecule has 0 radical (unpaired) electrons. The van der Waals surface area contributed by atoms with Crippen LogP contribution in [0.3, 0.4) is 0 Å². The zero-order valence-corrected chi connectivity index (χ0v) is 21.0. The van der Waals surface area contributed by atoms with Gasteiger partial charge in [-0.25, -0.2) is 23.2 Å². The van der Waals surface area contributed by atoms with Crippen LogP contribution in [-0.4, -0.2) is 25.6 Å². The fraction of sp³-hybridized carbons (Fsp3) is 0.0870. The second kappa shape index (κ2) is 9.53. The van der Waals surface area contributed by atoms with E-state index in [2.05, 4.69) is 14.6 Å². The smallest absolute Gasteiger partial charge is 0.263 e. The Balaban J connectivity index is 1.56. The molecule has 2 aromatic heterocycles. The Morgan fingerprint density at radius 1 is 1.09 bits per heavy atom. The lowest BCUT2D eigenvalue weighted by atomic mass is 10.1. The van der Waals surface area contributed by atoms with Crippen LogP contribution in [-0.2, 0) is 26.4 Å². The zero-order valence-electron chi connectivity index (χ0n) is 17.7. The molecule has 7 nitrogen and oxygen atoms in total. The molecule has 3 aromatic carbocycles. The predicted molar refractivity (Wildman–Crippen MR) is 136 cm³/mol. The van der Waals surface area contributed by atoms with Gasteiger partial charge < -0.3 is 5.11 Å². The summed E-state index contributed by atoms with van der Waals surface area (Å²) in [6.45, 7) is 0.0133. The lowest BCUT2D eigenvalue weighted by Crippen LogP contribution is -2.14. The Morgan fingerprint density at radius 3 is 2.65 bits per heavy atom. The normalized spacial score (nSPS) is 11.9. The molecule has 0 aliphatic carbocycles. The molecule has 0 amide bonds. The van der Waals surface area contributed by atoms with Crippen LogP contribution in [0.2, 0.25) is 0 Å². The number of hydrogen-bond donors (Lipinski definition) is 2. The number of benzene rings is 3. The van der Waals surface area contributed by atoms with Gasteiger partial charge in [0.1, 0.15) is 17.3 Å². The number of phenols is 1. The van der Waals surface area contributed by atoms with Crippen LogP contribution in [0.1, 0.15) is 4.88 Å². The molecule has 5 aromatic rings. The maximum Gasteiger partial charge on any atom is 0.263 e. The maximum atomic E-state index is 13.3. The van der Waals surface area contributed by atoms with E-state index in [1.54, 1.807) is 35.7 Å². The van der Waals surface area contributed by atoms with Crippen LogP contribution in [0.15, 0.2) is 80.2 Å². The number of aromatic hydroxyl groups is 1. The first-order chi connectivity index (χ1) is 16.5. The minimum absolute atomic E-state index is 0.0133. The van der Waals surface area contributed by atoms with Gasteiger partial charge in [-0.1, -0.05) is 48.2 Å². The number of fused-ring (bicyclic) bond motifs is 2. The van der Waals surface area contributed by atoms with Gasteiger partial charge in [0.05, 0.1) is 32.8 Å². The summed E-state index contributed by atoms with van der Waals surface area (Å²) in [6, 6.07) is 18.1. The Hall–Kier alpha value is -2.67. The fourth-order valence-corrected chi connectivity index (χ4v) is 7.99. The van der Waals surface area contributed by atoms with E-state index < -0.39 is 10.0 Å². The summed E-state index contributed by atoms with van der Waals surface area (Å²) < 4.78 is 31.0. The molecule has 0 spiro atoms. The number of nitrogens with one attached hydrogen (secondary N) is 1. The van der Waals surface area contributed by atoms with Gasteiger partial charge in [0.25, 0.3) is 10.0 Å². The van der Waals surface area contributed by atoms with Crippen molar-refractivity contribution in [2.75, 3.05) is 11.8 Å². The van der Waals surface area contributed by atoms with Crippen molar-refractivity contribution >= 4 is 71.1 Å². The van der Waals surface area contributed by atoms with Crippen LogP contribution in [0.5, 0.6) is 5.75 Å². The standard InChI is InChI=1S/C23H18N2O5S4/c1-29-30-13-20-21(10-11-31-20)34(27,28)25-17-12-19(22(26)15-7-3-2-6-14(15)17)33-23-24-16-8-4-5-9-18(16)32-23/h2-12,25-26H,13H2,1H3. The number of rotatable bonds is 8. The first-order valence-electron chi connectivity index (χ1n) is 9.99. The highest BCUT2D eigenvalue weighted by Gasteiger charge is 2.23. The van der Waals surface area contributed by atoms with Gasteiger partial charge in [-0.3, -0.25) is 4.72 Å². The van der Waals surface area contributed by atoms with Gasteiger partial charge in [0.2, 0.25) is 0 Å². The van der Waals surface area contributed by atoms with E-state index in [0.717, 1.165) is 14.6 Å². The summed E-state index contributed by atoms with van der Waals surface area (Å²) in [6.07, 6.45) is 0. The Kier molecular flexibility index (Phi) is 6.47. The van der Waals surface area contributed by atoms with Gasteiger partial charge in [-0.15, -0.1) is 22.7 Å². The number of phenolic OH excluding ortho intramolecular Hbond substituents is 1. The SMILES string of the molecule is COOCc1sccc1S(=O)(=O)Nc1cc(Sc2nc3ccccc3s2)c(O)c2ccccc12. The van der Waals surface area contributed by atoms with Gasteiger partial charge in [-0.2, -0.15) is 0 Å². The van der Waals surface area contributed by atoms with Gasteiger partial charge in [0, 0.05) is 10.8 Å². The molecule has 11 heteroatoms. The molecule has 0 saturated carbocycles. The molecule has 0 atom stereocenters. The highest BCUT2D eigenvalue weighted by molar-refractivity contribution is 8.01. The average Bonchev–Trinajstić information content (AvgIpc) is 3.47. The third kappa shape index (κ3) is 4.50. The number of hydrogen-bond acceptors (Lipinski definition) is 9. The van der Waals surface area contributed by atoms with E-state index in [1.165, 1.54) is 47.6 Å². The first-order valence-corrected chi connectivity index (χ1v) is 14.0. The van der Waals surface area contributed by atoms with Crippen LogP contribution < -0.4 is 4.72 Å². The second-order valence-electron chi connectivity index (χ2n) is 7.11. The summed E-state index contributed by atoms with van der Waals surface area (Å²) in [5, 5.41) is 13.8. The molecule has 2 heterocycles. The van der Waals surface area contributed by atoms with E-state index in [9.17, 15) is 13.5 Å². The third-order valence-electron chi connectivity index (χ3n) is 5.00. The average molecular weight is 531 g/mol. The first kappa shape index (κ1) is 23.1. The molecule has 0 saturated heterocycles. The van der Waals surface area contributed by atoms with Crippen molar-refractivity contribution in [2.24, 2.45) is 0 Å². The van der Waals surface area contributed by atoms with Gasteiger partial charge in [0.15, 0.2) is 4.34 Å². The number of nitrogens with zero attached hydrogens (tertiary/aromatic N) is 1. The van der Waals surface area contributed by atoms with Crippen molar-refractivity contribution in [1.29, 1.82) is 0 Å². The Bertz CT molecular complexity index is 1560. The minimum atomic E-state index is -3.92. The second-order valence-corrected chi connectivity index (χ2v) is 12.1.